The molecule has 0 bridgehead atoms. The minimum absolute atomic E-state index is 0.0862. The number of nitrogens with zero attached hydrogens (tertiary/aromatic N) is 2. The third-order valence-corrected chi connectivity index (χ3v) is 2.75. The van der Waals surface area contributed by atoms with Crippen molar-refractivity contribution >= 4 is 17.4 Å². The minimum Gasteiger partial charge on any atom is -0.365 e. The molecule has 0 saturated heterocycles. The van der Waals surface area contributed by atoms with Crippen LogP contribution in [0.4, 0.5) is 14.6 Å². The van der Waals surface area contributed by atoms with Crippen LogP contribution in [0.2, 0.25) is 5.02 Å². The second-order valence-corrected chi connectivity index (χ2v) is 4.13. The van der Waals surface area contributed by atoms with Gasteiger partial charge in [-0.1, -0.05) is 17.7 Å². The Labute approximate surface area is 113 Å². The normalized spacial score (nSPS) is 10.0. The lowest BCUT2D eigenvalue weighted by atomic mass is 10.2. The molecule has 2 aromatic rings. The molecule has 2 rings (SSSR count). The van der Waals surface area contributed by atoms with Gasteiger partial charge in [0, 0.05) is 18.3 Å². The molecule has 6 heteroatoms. The van der Waals surface area contributed by atoms with Crippen molar-refractivity contribution in [2.45, 2.75) is 6.54 Å². The van der Waals surface area contributed by atoms with E-state index in [0.717, 1.165) is 0 Å². The molecule has 0 radical (unpaired) electrons. The smallest absolute Gasteiger partial charge is 0.145 e. The van der Waals surface area contributed by atoms with Crippen LogP contribution in [0.5, 0.6) is 0 Å². The fourth-order valence-electron chi connectivity index (χ4n) is 1.50. The van der Waals surface area contributed by atoms with E-state index >= 15 is 0 Å². The van der Waals surface area contributed by atoms with Crippen LogP contribution in [0.3, 0.4) is 0 Å². The number of anilines is 1. The van der Waals surface area contributed by atoms with E-state index in [1.165, 1.54) is 30.5 Å². The lowest BCUT2D eigenvalue weighted by molar-refractivity contribution is 0.560. The Morgan fingerprint density at radius 3 is 2.58 bits per heavy atom. The van der Waals surface area contributed by atoms with Crippen LogP contribution in [0.25, 0.3) is 0 Å². The van der Waals surface area contributed by atoms with Gasteiger partial charge in [0.1, 0.15) is 23.5 Å². The summed E-state index contributed by atoms with van der Waals surface area (Å²) in [6, 6.07) is 6.96. The molecule has 96 valence electrons. The van der Waals surface area contributed by atoms with Crippen molar-refractivity contribution in [2.24, 2.45) is 0 Å². The van der Waals surface area contributed by atoms with E-state index in [1.807, 2.05) is 6.07 Å². The summed E-state index contributed by atoms with van der Waals surface area (Å²) < 4.78 is 26.8. The maximum Gasteiger partial charge on any atom is 0.145 e. The Morgan fingerprint density at radius 1 is 1.32 bits per heavy atom. The molecule has 0 aliphatic carbocycles. The molecular formula is C13H8ClF2N3. The summed E-state index contributed by atoms with van der Waals surface area (Å²) in [4.78, 5) is 3.91. The number of aromatic nitrogens is 1. The zero-order valence-electron chi connectivity index (χ0n) is 9.62. The van der Waals surface area contributed by atoms with Gasteiger partial charge in [-0.2, -0.15) is 5.26 Å². The number of rotatable bonds is 3. The van der Waals surface area contributed by atoms with Crippen LogP contribution in [0.1, 0.15) is 11.1 Å². The van der Waals surface area contributed by atoms with E-state index in [9.17, 15) is 8.78 Å². The Balaban J connectivity index is 2.17. The standard InChI is InChI=1S/C13H8ClF2N3/c14-10-4-8(5-17)6-18-13(10)19-7-9-11(15)2-1-3-12(9)16/h1-4,6H,7H2,(H,18,19). The zero-order valence-corrected chi connectivity index (χ0v) is 10.4. The van der Waals surface area contributed by atoms with Gasteiger partial charge in [0.2, 0.25) is 0 Å². The maximum absolute atomic E-state index is 13.4. The second kappa shape index (κ2) is 5.63. The minimum atomic E-state index is -0.641. The predicted octanol–water partition coefficient (Wildman–Crippen LogP) is 3.50. The molecule has 0 unspecified atom stereocenters. The first-order chi connectivity index (χ1) is 9.11. The summed E-state index contributed by atoms with van der Waals surface area (Å²) >= 11 is 5.89. The molecular weight excluding hydrogens is 272 g/mol. The fourth-order valence-corrected chi connectivity index (χ4v) is 1.74. The second-order valence-electron chi connectivity index (χ2n) is 3.72. The molecule has 0 aliphatic heterocycles. The molecule has 1 aromatic carbocycles. The first-order valence-corrected chi connectivity index (χ1v) is 5.72. The molecule has 0 spiro atoms. The van der Waals surface area contributed by atoms with Crippen LogP contribution in [-0.2, 0) is 6.54 Å². The van der Waals surface area contributed by atoms with Crippen molar-refractivity contribution in [3.63, 3.8) is 0 Å². The molecule has 0 saturated carbocycles. The molecule has 1 heterocycles. The van der Waals surface area contributed by atoms with Gasteiger partial charge in [-0.05, 0) is 18.2 Å². The molecule has 1 N–H and O–H groups in total. The van der Waals surface area contributed by atoms with E-state index in [-0.39, 0.29) is 22.9 Å². The molecule has 19 heavy (non-hydrogen) atoms. The van der Waals surface area contributed by atoms with E-state index in [4.69, 9.17) is 16.9 Å². The quantitative estimate of drug-likeness (QED) is 0.935. The lowest BCUT2D eigenvalue weighted by Crippen LogP contribution is -2.06. The van der Waals surface area contributed by atoms with Gasteiger partial charge in [0.15, 0.2) is 0 Å². The number of pyridine rings is 1. The molecule has 0 aliphatic rings. The Hall–Kier alpha value is -2.19. The summed E-state index contributed by atoms with van der Waals surface area (Å²) in [6.45, 7) is -0.0862. The molecule has 0 atom stereocenters. The van der Waals surface area contributed by atoms with Crippen molar-refractivity contribution in [3.8, 4) is 6.07 Å². The molecule has 3 nitrogen and oxygen atoms in total. The van der Waals surface area contributed by atoms with Gasteiger partial charge in [0.05, 0.1) is 10.6 Å². The van der Waals surface area contributed by atoms with Crippen LogP contribution in [-0.4, -0.2) is 4.98 Å². The highest BCUT2D eigenvalue weighted by Crippen LogP contribution is 2.21. The third-order valence-electron chi connectivity index (χ3n) is 2.46. The highest BCUT2D eigenvalue weighted by molar-refractivity contribution is 6.33. The summed E-state index contributed by atoms with van der Waals surface area (Å²) in [5, 5.41) is 11.6. The van der Waals surface area contributed by atoms with Crippen molar-refractivity contribution < 1.29 is 8.78 Å². The fraction of sp³-hybridized carbons (Fsp3) is 0.0769. The summed E-state index contributed by atoms with van der Waals surface area (Å²) in [5.41, 5.74) is 0.220. The van der Waals surface area contributed by atoms with E-state index in [0.29, 0.717) is 5.56 Å². The number of hydrogen-bond acceptors (Lipinski definition) is 3. The Morgan fingerprint density at radius 2 is 2.00 bits per heavy atom. The van der Waals surface area contributed by atoms with Gasteiger partial charge in [0.25, 0.3) is 0 Å². The Kier molecular flexibility index (Phi) is 3.93. The van der Waals surface area contributed by atoms with Crippen molar-refractivity contribution in [2.75, 3.05) is 5.32 Å². The monoisotopic (exact) mass is 279 g/mol. The lowest BCUT2D eigenvalue weighted by Gasteiger charge is -2.09. The van der Waals surface area contributed by atoms with E-state index in [2.05, 4.69) is 10.3 Å². The average Bonchev–Trinajstić information content (AvgIpc) is 2.39. The zero-order chi connectivity index (χ0) is 13.8. The summed E-state index contributed by atoms with van der Waals surface area (Å²) in [6.07, 6.45) is 1.33. The van der Waals surface area contributed by atoms with Gasteiger partial charge in [-0.3, -0.25) is 0 Å². The van der Waals surface area contributed by atoms with Crippen LogP contribution >= 0.6 is 11.6 Å². The largest absolute Gasteiger partial charge is 0.365 e. The van der Waals surface area contributed by atoms with Gasteiger partial charge >= 0.3 is 0 Å². The van der Waals surface area contributed by atoms with Crippen molar-refractivity contribution in [1.82, 2.24) is 4.98 Å². The SMILES string of the molecule is N#Cc1cnc(NCc2c(F)cccc2F)c(Cl)c1. The third kappa shape index (κ3) is 2.98. The number of nitriles is 1. The maximum atomic E-state index is 13.4. The first-order valence-electron chi connectivity index (χ1n) is 5.34. The molecule has 1 aromatic heterocycles. The highest BCUT2D eigenvalue weighted by Gasteiger charge is 2.09. The number of benzene rings is 1. The average molecular weight is 280 g/mol. The highest BCUT2D eigenvalue weighted by atomic mass is 35.5. The number of nitrogens with one attached hydrogen (secondary N) is 1. The van der Waals surface area contributed by atoms with E-state index < -0.39 is 11.6 Å². The van der Waals surface area contributed by atoms with Gasteiger partial charge < -0.3 is 5.32 Å². The summed E-state index contributed by atoms with van der Waals surface area (Å²) in [5.74, 6) is -1.02. The van der Waals surface area contributed by atoms with Gasteiger partial charge in [-0.15, -0.1) is 0 Å². The number of hydrogen-bond donors (Lipinski definition) is 1. The Bertz CT molecular complexity index is 633. The number of halogens is 3. The molecule has 0 fully saturated rings. The van der Waals surface area contributed by atoms with Gasteiger partial charge in [-0.25, -0.2) is 13.8 Å². The van der Waals surface area contributed by atoms with Crippen molar-refractivity contribution in [3.05, 3.63) is 58.2 Å². The van der Waals surface area contributed by atoms with E-state index in [1.54, 1.807) is 0 Å². The predicted molar refractivity (Wildman–Crippen MR) is 67.6 cm³/mol. The van der Waals surface area contributed by atoms with Crippen LogP contribution < -0.4 is 5.32 Å². The topological polar surface area (TPSA) is 48.7 Å². The van der Waals surface area contributed by atoms with Crippen LogP contribution in [0.15, 0.2) is 30.5 Å². The van der Waals surface area contributed by atoms with Crippen LogP contribution in [0, 0.1) is 23.0 Å². The molecule has 0 amide bonds. The first kappa shape index (κ1) is 13.2. The van der Waals surface area contributed by atoms with Crippen molar-refractivity contribution in [1.29, 1.82) is 5.26 Å². The summed E-state index contributed by atoms with van der Waals surface area (Å²) in [7, 11) is 0.